The molecular weight excluding hydrogens is 402 g/mol. The minimum Gasteiger partial charge on any atom is -0.325 e. The number of hydrogen-bond donors (Lipinski definition) is 2. The van der Waals surface area contributed by atoms with E-state index in [4.69, 9.17) is 5.73 Å². The molecule has 11 nitrogen and oxygen atoms in total. The molecule has 0 saturated carbocycles. The van der Waals surface area contributed by atoms with Crippen molar-refractivity contribution in [3.63, 3.8) is 0 Å². The molecule has 1 unspecified atom stereocenters. The van der Waals surface area contributed by atoms with E-state index in [9.17, 15) is 19.2 Å². The summed E-state index contributed by atoms with van der Waals surface area (Å²) in [5.74, 6) is -1.97. The number of rotatable bonds is 5. The first-order chi connectivity index (χ1) is 15.0. The molecule has 0 radical (unpaired) electrons. The number of aromatic nitrogens is 3. The first kappa shape index (κ1) is 19.5. The fourth-order valence-corrected chi connectivity index (χ4v) is 4.38. The highest BCUT2D eigenvalue weighted by Crippen LogP contribution is 2.32. The summed E-state index contributed by atoms with van der Waals surface area (Å²) in [7, 11) is 0. The van der Waals surface area contributed by atoms with Crippen molar-refractivity contribution in [2.75, 3.05) is 13.1 Å². The second-order valence-corrected chi connectivity index (χ2v) is 8.03. The molecular formula is C20H21N7O4. The lowest BCUT2D eigenvalue weighted by Gasteiger charge is -2.39. The monoisotopic (exact) mass is 423 g/mol. The largest absolute Gasteiger partial charge is 0.325 e. The van der Waals surface area contributed by atoms with Crippen LogP contribution in [0.4, 0.5) is 0 Å². The highest BCUT2D eigenvalue weighted by atomic mass is 16.2. The first-order valence-corrected chi connectivity index (χ1v) is 10.1. The van der Waals surface area contributed by atoms with E-state index >= 15 is 0 Å². The van der Waals surface area contributed by atoms with E-state index in [-0.39, 0.29) is 18.9 Å². The Bertz CT molecular complexity index is 1100. The Hall–Kier alpha value is -3.44. The number of nitrogens with two attached hydrogens (primary N) is 1. The number of carbonyl (C=O) groups is 4. The van der Waals surface area contributed by atoms with Crippen LogP contribution < -0.4 is 11.1 Å². The molecule has 0 bridgehead atoms. The SMILES string of the molecule is NCc1cn(C2CN(Cc3cccc4c3C(=O)N(C3CCC(=O)NC3=O)C4=O)C2)nn1. The van der Waals surface area contributed by atoms with Crippen LogP contribution in [-0.4, -0.2) is 67.6 Å². The van der Waals surface area contributed by atoms with Gasteiger partial charge < -0.3 is 5.73 Å². The van der Waals surface area contributed by atoms with Crippen molar-refractivity contribution in [3.8, 4) is 0 Å². The average molecular weight is 423 g/mol. The molecule has 2 fully saturated rings. The van der Waals surface area contributed by atoms with Crippen molar-refractivity contribution in [1.29, 1.82) is 0 Å². The molecule has 0 spiro atoms. The summed E-state index contributed by atoms with van der Waals surface area (Å²) in [5.41, 5.74) is 7.69. The van der Waals surface area contributed by atoms with E-state index in [0.29, 0.717) is 24.2 Å². The van der Waals surface area contributed by atoms with Gasteiger partial charge in [0.25, 0.3) is 11.8 Å². The summed E-state index contributed by atoms with van der Waals surface area (Å²) in [5, 5.41) is 10.3. The molecule has 2 saturated heterocycles. The first-order valence-electron chi connectivity index (χ1n) is 10.1. The molecule has 160 valence electrons. The number of fused-ring (bicyclic) bond motifs is 1. The fraction of sp³-hybridized carbons (Fsp3) is 0.400. The number of amides is 4. The summed E-state index contributed by atoms with van der Waals surface area (Å²) in [6.45, 7) is 2.30. The Morgan fingerprint density at radius 1 is 1.13 bits per heavy atom. The predicted octanol–water partition coefficient (Wildman–Crippen LogP) is -0.805. The maximum Gasteiger partial charge on any atom is 0.262 e. The smallest absolute Gasteiger partial charge is 0.262 e. The standard InChI is InChI=1S/C20H21N7O4/c21-6-12-8-26(24-23-12)13-9-25(10-13)7-11-2-1-3-14-17(11)20(31)27(19(14)30)15-4-5-16(28)22-18(15)29/h1-3,8,13,15H,4-7,9-10,21H2,(H,22,28,29). The lowest BCUT2D eigenvalue weighted by atomic mass is 10.00. The van der Waals surface area contributed by atoms with Crippen LogP contribution in [0, 0.1) is 0 Å². The van der Waals surface area contributed by atoms with Crippen molar-refractivity contribution in [1.82, 2.24) is 30.1 Å². The number of carbonyl (C=O) groups excluding carboxylic acids is 4. The second-order valence-electron chi connectivity index (χ2n) is 8.03. The number of nitrogens with zero attached hydrogens (tertiary/aromatic N) is 5. The highest BCUT2D eigenvalue weighted by molar-refractivity contribution is 6.24. The van der Waals surface area contributed by atoms with E-state index in [1.54, 1.807) is 16.8 Å². The average Bonchev–Trinajstić information content (AvgIpc) is 3.29. The van der Waals surface area contributed by atoms with Gasteiger partial charge in [0.2, 0.25) is 11.8 Å². The van der Waals surface area contributed by atoms with E-state index in [0.717, 1.165) is 29.2 Å². The van der Waals surface area contributed by atoms with Crippen LogP contribution in [0.3, 0.4) is 0 Å². The zero-order valence-electron chi connectivity index (χ0n) is 16.7. The third kappa shape index (κ3) is 3.22. The Kier molecular flexibility index (Phi) is 4.63. The van der Waals surface area contributed by atoms with Gasteiger partial charge in [-0.05, 0) is 18.1 Å². The minimum absolute atomic E-state index is 0.0972. The van der Waals surface area contributed by atoms with E-state index in [2.05, 4.69) is 20.5 Å². The van der Waals surface area contributed by atoms with Crippen LogP contribution >= 0.6 is 0 Å². The van der Waals surface area contributed by atoms with Crippen LogP contribution in [0.5, 0.6) is 0 Å². The lowest BCUT2D eigenvalue weighted by molar-refractivity contribution is -0.136. The summed E-state index contributed by atoms with van der Waals surface area (Å²) >= 11 is 0. The zero-order valence-corrected chi connectivity index (χ0v) is 16.7. The normalized spacial score (nSPS) is 22.0. The van der Waals surface area contributed by atoms with Gasteiger partial charge in [-0.15, -0.1) is 5.10 Å². The number of benzene rings is 1. The Labute approximate surface area is 177 Å². The van der Waals surface area contributed by atoms with Gasteiger partial charge in [-0.3, -0.25) is 34.3 Å². The summed E-state index contributed by atoms with van der Waals surface area (Å²) < 4.78 is 1.80. The van der Waals surface area contributed by atoms with Gasteiger partial charge >= 0.3 is 0 Å². The van der Waals surface area contributed by atoms with E-state index < -0.39 is 29.7 Å². The molecule has 0 aliphatic carbocycles. The lowest BCUT2D eigenvalue weighted by Crippen LogP contribution is -2.54. The number of piperidine rings is 1. The maximum atomic E-state index is 13.2. The number of hydrogen-bond acceptors (Lipinski definition) is 8. The maximum absolute atomic E-state index is 13.2. The van der Waals surface area contributed by atoms with Crippen LogP contribution in [0.1, 0.15) is 50.9 Å². The van der Waals surface area contributed by atoms with Crippen LogP contribution in [0.15, 0.2) is 24.4 Å². The Morgan fingerprint density at radius 3 is 2.65 bits per heavy atom. The third-order valence-electron chi connectivity index (χ3n) is 6.03. The molecule has 31 heavy (non-hydrogen) atoms. The van der Waals surface area contributed by atoms with Gasteiger partial charge in [0.15, 0.2) is 0 Å². The van der Waals surface area contributed by atoms with Crippen molar-refractivity contribution in [2.45, 2.75) is 38.0 Å². The van der Waals surface area contributed by atoms with E-state index in [1.165, 1.54) is 0 Å². The molecule has 1 aromatic heterocycles. The molecule has 2 aromatic rings. The summed E-state index contributed by atoms with van der Waals surface area (Å²) in [6, 6.07) is 4.40. The van der Waals surface area contributed by atoms with Crippen molar-refractivity contribution in [3.05, 3.63) is 46.8 Å². The fourth-order valence-electron chi connectivity index (χ4n) is 4.38. The van der Waals surface area contributed by atoms with Crippen molar-refractivity contribution in [2.24, 2.45) is 5.73 Å². The molecule has 1 atom stereocenters. The quantitative estimate of drug-likeness (QED) is 0.595. The molecule has 3 N–H and O–H groups in total. The molecule has 4 amide bonds. The summed E-state index contributed by atoms with van der Waals surface area (Å²) in [4.78, 5) is 52.9. The van der Waals surface area contributed by atoms with Gasteiger partial charge in [0.05, 0.1) is 29.1 Å². The Morgan fingerprint density at radius 2 is 1.94 bits per heavy atom. The molecule has 3 aliphatic heterocycles. The number of likely N-dealkylation sites (tertiary alicyclic amines) is 1. The molecule has 4 heterocycles. The van der Waals surface area contributed by atoms with Crippen molar-refractivity contribution < 1.29 is 19.2 Å². The van der Waals surface area contributed by atoms with Gasteiger partial charge in [-0.2, -0.15) is 0 Å². The van der Waals surface area contributed by atoms with Gasteiger partial charge in [-0.1, -0.05) is 17.3 Å². The molecule has 3 aliphatic rings. The van der Waals surface area contributed by atoms with Crippen LogP contribution in [0.25, 0.3) is 0 Å². The number of imide groups is 2. The molecule has 1 aromatic carbocycles. The van der Waals surface area contributed by atoms with Gasteiger partial charge in [0, 0.05) is 32.6 Å². The van der Waals surface area contributed by atoms with Gasteiger partial charge in [0.1, 0.15) is 6.04 Å². The number of nitrogens with one attached hydrogen (secondary N) is 1. The molecule has 11 heteroatoms. The molecule has 5 rings (SSSR count). The topological polar surface area (TPSA) is 144 Å². The van der Waals surface area contributed by atoms with Crippen molar-refractivity contribution >= 4 is 23.6 Å². The summed E-state index contributed by atoms with van der Waals surface area (Å²) in [6.07, 6.45) is 2.07. The third-order valence-corrected chi connectivity index (χ3v) is 6.03. The highest BCUT2D eigenvalue weighted by Gasteiger charge is 2.45. The van der Waals surface area contributed by atoms with Crippen LogP contribution in [0.2, 0.25) is 0 Å². The second kappa shape index (κ2) is 7.36. The van der Waals surface area contributed by atoms with Gasteiger partial charge in [-0.25, -0.2) is 4.68 Å². The predicted molar refractivity (Wildman–Crippen MR) is 105 cm³/mol. The Balaban J connectivity index is 1.32. The minimum atomic E-state index is -0.963. The zero-order chi connectivity index (χ0) is 21.7. The van der Waals surface area contributed by atoms with Crippen LogP contribution in [-0.2, 0) is 22.7 Å². The van der Waals surface area contributed by atoms with E-state index in [1.807, 2.05) is 12.3 Å².